The minimum absolute atomic E-state index is 0.0487. The number of pyridine rings is 1. The molecule has 0 aliphatic heterocycles. The first-order valence-corrected chi connectivity index (χ1v) is 6.72. The van der Waals surface area contributed by atoms with Crippen LogP contribution in [0.3, 0.4) is 0 Å². The number of likely N-dealkylation sites (N-methyl/N-ethyl adjacent to an activating group) is 1. The molecule has 1 atom stereocenters. The van der Waals surface area contributed by atoms with Gasteiger partial charge in [-0.2, -0.15) is 0 Å². The summed E-state index contributed by atoms with van der Waals surface area (Å²) in [5, 5.41) is 3.28. The Hall–Kier alpha value is -1.03. The first-order chi connectivity index (χ1) is 8.68. The number of hydrogen-bond donors (Lipinski definition) is 2. The SMILES string of the molecule is [B]CCCC(CCC)(CNC)c1ccc(=O)[nH]c1. The van der Waals surface area contributed by atoms with Gasteiger partial charge >= 0.3 is 0 Å². The van der Waals surface area contributed by atoms with Crippen LogP contribution in [0.1, 0.15) is 38.2 Å². The van der Waals surface area contributed by atoms with Crippen molar-refractivity contribution in [1.29, 1.82) is 0 Å². The Morgan fingerprint density at radius 1 is 1.39 bits per heavy atom. The Kier molecular flexibility index (Phi) is 6.20. The molecule has 98 valence electrons. The molecule has 2 N–H and O–H groups in total. The van der Waals surface area contributed by atoms with E-state index < -0.39 is 0 Å². The monoisotopic (exact) mass is 246 g/mol. The topological polar surface area (TPSA) is 44.9 Å². The molecule has 0 bridgehead atoms. The van der Waals surface area contributed by atoms with Gasteiger partial charge in [0.25, 0.3) is 0 Å². The molecule has 0 amide bonds. The zero-order valence-corrected chi connectivity index (χ0v) is 11.5. The van der Waals surface area contributed by atoms with Crippen LogP contribution in [0.2, 0.25) is 6.32 Å². The van der Waals surface area contributed by atoms with Crippen LogP contribution in [-0.4, -0.2) is 26.4 Å². The smallest absolute Gasteiger partial charge is 0.247 e. The highest BCUT2D eigenvalue weighted by molar-refractivity contribution is 6.08. The first-order valence-electron chi connectivity index (χ1n) is 6.72. The number of nitrogens with one attached hydrogen (secondary N) is 2. The molecule has 1 aromatic heterocycles. The summed E-state index contributed by atoms with van der Waals surface area (Å²) in [5.74, 6) is 0. The van der Waals surface area contributed by atoms with E-state index in [0.717, 1.165) is 32.2 Å². The number of aromatic amines is 1. The number of hydrogen-bond acceptors (Lipinski definition) is 2. The lowest BCUT2D eigenvalue weighted by atomic mass is 9.72. The average Bonchev–Trinajstić information content (AvgIpc) is 2.37. The van der Waals surface area contributed by atoms with E-state index in [-0.39, 0.29) is 11.0 Å². The van der Waals surface area contributed by atoms with Gasteiger partial charge in [-0.1, -0.05) is 32.2 Å². The Labute approximate surface area is 111 Å². The lowest BCUT2D eigenvalue weighted by Crippen LogP contribution is -2.37. The molecule has 0 aliphatic carbocycles. The Bertz CT molecular complexity index is 377. The number of H-pyrrole nitrogens is 1. The summed E-state index contributed by atoms with van der Waals surface area (Å²) in [7, 11) is 7.62. The second-order valence-corrected chi connectivity index (χ2v) is 4.89. The van der Waals surface area contributed by atoms with Crippen LogP contribution in [0.4, 0.5) is 0 Å². The maximum atomic E-state index is 11.2. The van der Waals surface area contributed by atoms with E-state index in [0.29, 0.717) is 6.32 Å². The maximum absolute atomic E-state index is 11.2. The third-order valence-corrected chi connectivity index (χ3v) is 3.50. The highest BCUT2D eigenvalue weighted by Crippen LogP contribution is 2.33. The summed E-state index contributed by atoms with van der Waals surface area (Å²) in [6.45, 7) is 3.10. The Balaban J connectivity index is 3.05. The maximum Gasteiger partial charge on any atom is 0.247 e. The second kappa shape index (κ2) is 7.42. The van der Waals surface area contributed by atoms with Crippen LogP contribution in [-0.2, 0) is 5.41 Å². The van der Waals surface area contributed by atoms with Crippen LogP contribution in [0.25, 0.3) is 0 Å². The summed E-state index contributed by atoms with van der Waals surface area (Å²) in [6.07, 6.45) is 6.82. The van der Waals surface area contributed by atoms with Gasteiger partial charge in [0.15, 0.2) is 0 Å². The second-order valence-electron chi connectivity index (χ2n) is 4.89. The highest BCUT2D eigenvalue weighted by atomic mass is 16.1. The van der Waals surface area contributed by atoms with Crippen LogP contribution >= 0.6 is 0 Å². The van der Waals surface area contributed by atoms with E-state index in [9.17, 15) is 4.79 Å². The van der Waals surface area contributed by atoms with E-state index >= 15 is 0 Å². The summed E-state index contributed by atoms with van der Waals surface area (Å²) < 4.78 is 0. The molecule has 0 fully saturated rings. The van der Waals surface area contributed by atoms with E-state index in [1.807, 2.05) is 19.3 Å². The molecule has 4 heteroatoms. The van der Waals surface area contributed by atoms with E-state index in [4.69, 9.17) is 7.85 Å². The third-order valence-electron chi connectivity index (χ3n) is 3.50. The fourth-order valence-electron chi connectivity index (χ4n) is 2.69. The molecule has 1 unspecified atom stereocenters. The van der Waals surface area contributed by atoms with Gasteiger partial charge in [0, 0.05) is 24.2 Å². The van der Waals surface area contributed by atoms with Gasteiger partial charge in [0.05, 0.1) is 7.85 Å². The van der Waals surface area contributed by atoms with Crippen molar-refractivity contribution in [2.24, 2.45) is 0 Å². The van der Waals surface area contributed by atoms with Crippen molar-refractivity contribution in [3.63, 3.8) is 0 Å². The quantitative estimate of drug-likeness (QED) is 0.689. The van der Waals surface area contributed by atoms with Crippen LogP contribution in [0, 0.1) is 0 Å². The predicted molar refractivity (Wildman–Crippen MR) is 77.4 cm³/mol. The highest BCUT2D eigenvalue weighted by Gasteiger charge is 2.30. The third kappa shape index (κ3) is 3.74. The molecule has 0 saturated heterocycles. The van der Waals surface area contributed by atoms with Crippen LogP contribution in [0.5, 0.6) is 0 Å². The fourth-order valence-corrected chi connectivity index (χ4v) is 2.69. The van der Waals surface area contributed by atoms with Crippen LogP contribution in [0.15, 0.2) is 23.1 Å². The largest absolute Gasteiger partial charge is 0.329 e. The molecular formula is C14H23BN2O. The molecule has 1 rings (SSSR count). The molecule has 2 radical (unpaired) electrons. The zero-order valence-electron chi connectivity index (χ0n) is 11.5. The van der Waals surface area contributed by atoms with Crippen molar-refractivity contribution in [2.75, 3.05) is 13.6 Å². The normalized spacial score (nSPS) is 14.3. The van der Waals surface area contributed by atoms with Crippen molar-refractivity contribution in [1.82, 2.24) is 10.3 Å². The van der Waals surface area contributed by atoms with Gasteiger partial charge in [0.1, 0.15) is 0 Å². The standard InChI is InChI=1S/C14H23BN2O/c1-3-7-14(11-16-2,8-4-9-15)12-5-6-13(18)17-10-12/h5-6,10,16H,3-4,7-9,11H2,1-2H3,(H,17,18). The molecule has 1 heterocycles. The zero-order chi connectivity index (χ0) is 13.4. The van der Waals surface area contributed by atoms with Crippen molar-refractivity contribution in [3.8, 4) is 0 Å². The Morgan fingerprint density at radius 2 is 2.17 bits per heavy atom. The molecule has 3 nitrogen and oxygen atoms in total. The van der Waals surface area contributed by atoms with E-state index in [1.54, 1.807) is 6.07 Å². The lowest BCUT2D eigenvalue weighted by molar-refractivity contribution is 0.343. The predicted octanol–water partition coefficient (Wildman–Crippen LogP) is 2.00. The van der Waals surface area contributed by atoms with Crippen LogP contribution < -0.4 is 10.9 Å². The van der Waals surface area contributed by atoms with Crippen molar-refractivity contribution < 1.29 is 0 Å². The van der Waals surface area contributed by atoms with E-state index in [2.05, 4.69) is 17.2 Å². The van der Waals surface area contributed by atoms with Gasteiger partial charge in [0.2, 0.25) is 5.56 Å². The van der Waals surface area contributed by atoms with Gasteiger partial charge in [-0.15, -0.1) is 0 Å². The average molecular weight is 246 g/mol. The minimum Gasteiger partial charge on any atom is -0.329 e. The molecular weight excluding hydrogens is 223 g/mol. The fraction of sp³-hybridized carbons (Fsp3) is 0.643. The van der Waals surface area contributed by atoms with Gasteiger partial charge in [-0.05, 0) is 25.5 Å². The summed E-state index contributed by atoms with van der Waals surface area (Å²) in [5.41, 5.74) is 1.23. The lowest BCUT2D eigenvalue weighted by Gasteiger charge is -2.34. The van der Waals surface area contributed by atoms with Crippen molar-refractivity contribution >= 4 is 7.85 Å². The molecule has 18 heavy (non-hydrogen) atoms. The molecule has 0 aliphatic rings. The van der Waals surface area contributed by atoms with E-state index in [1.165, 1.54) is 5.56 Å². The van der Waals surface area contributed by atoms with Crippen molar-refractivity contribution in [2.45, 2.75) is 44.3 Å². The molecule has 0 aromatic carbocycles. The Morgan fingerprint density at radius 3 is 2.67 bits per heavy atom. The number of rotatable bonds is 8. The summed E-state index contributed by atoms with van der Waals surface area (Å²) in [6, 6.07) is 3.56. The van der Waals surface area contributed by atoms with Gasteiger partial charge in [-0.25, -0.2) is 0 Å². The van der Waals surface area contributed by atoms with Crippen molar-refractivity contribution in [3.05, 3.63) is 34.2 Å². The number of aromatic nitrogens is 1. The molecule has 1 aromatic rings. The van der Waals surface area contributed by atoms with Gasteiger partial charge < -0.3 is 10.3 Å². The first kappa shape index (κ1) is 15.0. The summed E-state index contributed by atoms with van der Waals surface area (Å²) >= 11 is 0. The van der Waals surface area contributed by atoms with Gasteiger partial charge in [-0.3, -0.25) is 4.79 Å². The summed E-state index contributed by atoms with van der Waals surface area (Å²) in [4.78, 5) is 14.0. The molecule has 0 spiro atoms. The molecule has 0 saturated carbocycles. The minimum atomic E-state index is -0.0487.